The summed E-state index contributed by atoms with van der Waals surface area (Å²) in [6.45, 7) is 4.32. The minimum Gasteiger partial charge on any atom is -0.465 e. The first-order valence-corrected chi connectivity index (χ1v) is 8.62. The number of anilines is 1. The summed E-state index contributed by atoms with van der Waals surface area (Å²) >= 11 is 1.31. The van der Waals surface area contributed by atoms with Gasteiger partial charge in [-0.1, -0.05) is 18.2 Å². The van der Waals surface area contributed by atoms with E-state index in [1.807, 2.05) is 19.9 Å². The number of hydrogen-bond donors (Lipinski definition) is 1. The second-order valence-electron chi connectivity index (χ2n) is 6.25. The minimum atomic E-state index is -0.657. The summed E-state index contributed by atoms with van der Waals surface area (Å²) in [5, 5.41) is 3.08. The summed E-state index contributed by atoms with van der Waals surface area (Å²) in [6.07, 6.45) is -0.0892. The highest BCUT2D eigenvalue weighted by atomic mass is 32.1. The van der Waals surface area contributed by atoms with Crippen molar-refractivity contribution in [1.29, 1.82) is 0 Å². The molecule has 1 aromatic carbocycles. The molecule has 6 nitrogen and oxygen atoms in total. The van der Waals surface area contributed by atoms with E-state index in [1.165, 1.54) is 18.4 Å². The van der Waals surface area contributed by atoms with E-state index in [0.717, 1.165) is 10.4 Å². The predicted molar refractivity (Wildman–Crippen MR) is 94.3 cm³/mol. The number of thiophene rings is 1. The van der Waals surface area contributed by atoms with Crippen molar-refractivity contribution < 1.29 is 23.8 Å². The lowest BCUT2D eigenvalue weighted by atomic mass is 9.93. The third-order valence-corrected chi connectivity index (χ3v) is 4.97. The Morgan fingerprint density at radius 3 is 2.64 bits per heavy atom. The summed E-state index contributed by atoms with van der Waals surface area (Å²) in [5.41, 5.74) is 0.866. The number of esters is 1. The van der Waals surface area contributed by atoms with Crippen molar-refractivity contribution in [3.8, 4) is 5.75 Å². The van der Waals surface area contributed by atoms with Crippen LogP contribution in [0.5, 0.6) is 5.75 Å². The molecule has 25 heavy (non-hydrogen) atoms. The molecule has 1 N–H and O–H groups in total. The Labute approximate surface area is 149 Å². The molecule has 0 saturated carbocycles. The molecule has 3 rings (SSSR count). The van der Waals surface area contributed by atoms with Crippen molar-refractivity contribution in [3.63, 3.8) is 0 Å². The average Bonchev–Trinajstić information content (AvgIpc) is 2.90. The first-order chi connectivity index (χ1) is 11.9. The van der Waals surface area contributed by atoms with Crippen LogP contribution < -0.4 is 10.1 Å². The fourth-order valence-electron chi connectivity index (χ4n) is 2.67. The Kier molecular flexibility index (Phi) is 4.78. The highest BCUT2D eigenvalue weighted by Crippen LogP contribution is 2.40. The van der Waals surface area contributed by atoms with Crippen LogP contribution in [-0.2, 0) is 22.5 Å². The molecule has 1 amide bonds. The fraction of sp³-hybridized carbons (Fsp3) is 0.333. The molecule has 1 aliphatic heterocycles. The second-order valence-corrected chi connectivity index (χ2v) is 7.36. The summed E-state index contributed by atoms with van der Waals surface area (Å²) in [5.74, 6) is -0.0596. The SMILES string of the molecule is COC(=O)c1c(NC(=O)Oc2ccccc2)sc2c1CC(C)(C)OC2. The zero-order valence-corrected chi connectivity index (χ0v) is 15.1. The summed E-state index contributed by atoms with van der Waals surface area (Å²) < 4.78 is 15.9. The molecule has 0 radical (unpaired) electrons. The molecular weight excluding hydrogens is 342 g/mol. The number of ether oxygens (including phenoxy) is 3. The zero-order chi connectivity index (χ0) is 18.0. The van der Waals surface area contributed by atoms with E-state index < -0.39 is 12.1 Å². The van der Waals surface area contributed by atoms with Gasteiger partial charge < -0.3 is 14.2 Å². The van der Waals surface area contributed by atoms with Crippen molar-refractivity contribution in [2.24, 2.45) is 0 Å². The van der Waals surface area contributed by atoms with Crippen LogP contribution in [0.15, 0.2) is 30.3 Å². The number of para-hydroxylation sites is 1. The number of hydrogen-bond acceptors (Lipinski definition) is 6. The second kappa shape index (κ2) is 6.85. The zero-order valence-electron chi connectivity index (χ0n) is 14.3. The molecule has 2 aromatic rings. The van der Waals surface area contributed by atoms with Crippen LogP contribution in [-0.4, -0.2) is 24.8 Å². The molecule has 0 saturated heterocycles. The number of carbonyl (C=O) groups excluding carboxylic acids is 2. The largest absolute Gasteiger partial charge is 0.465 e. The van der Waals surface area contributed by atoms with Gasteiger partial charge in [0.05, 0.1) is 24.9 Å². The van der Waals surface area contributed by atoms with E-state index in [9.17, 15) is 9.59 Å². The molecule has 0 atom stereocenters. The van der Waals surface area contributed by atoms with Gasteiger partial charge in [-0.25, -0.2) is 9.59 Å². The summed E-state index contributed by atoms with van der Waals surface area (Å²) in [4.78, 5) is 25.4. The molecular formula is C18H19NO5S. The number of nitrogens with one attached hydrogen (secondary N) is 1. The first-order valence-electron chi connectivity index (χ1n) is 7.80. The molecule has 2 heterocycles. The maximum Gasteiger partial charge on any atom is 0.417 e. The Balaban J connectivity index is 1.87. The van der Waals surface area contributed by atoms with E-state index >= 15 is 0 Å². The number of carbonyl (C=O) groups is 2. The molecule has 0 fully saturated rings. The van der Waals surface area contributed by atoms with Crippen LogP contribution in [0.1, 0.15) is 34.6 Å². The lowest BCUT2D eigenvalue weighted by Crippen LogP contribution is -2.32. The van der Waals surface area contributed by atoms with E-state index in [1.54, 1.807) is 24.3 Å². The van der Waals surface area contributed by atoms with E-state index in [4.69, 9.17) is 14.2 Å². The van der Waals surface area contributed by atoms with Crippen LogP contribution in [0.4, 0.5) is 9.80 Å². The highest BCUT2D eigenvalue weighted by Gasteiger charge is 2.34. The summed E-state index contributed by atoms with van der Waals surface area (Å²) in [7, 11) is 1.32. The summed E-state index contributed by atoms with van der Waals surface area (Å²) in [6, 6.07) is 8.72. The molecule has 7 heteroatoms. The number of rotatable bonds is 3. The highest BCUT2D eigenvalue weighted by molar-refractivity contribution is 7.17. The Morgan fingerprint density at radius 2 is 1.96 bits per heavy atom. The van der Waals surface area contributed by atoms with Gasteiger partial charge in [0, 0.05) is 11.3 Å². The normalized spacial score (nSPS) is 15.2. The van der Waals surface area contributed by atoms with Crippen molar-refractivity contribution in [2.45, 2.75) is 32.5 Å². The molecule has 1 aliphatic rings. The number of amides is 1. The van der Waals surface area contributed by atoms with Crippen LogP contribution in [0.2, 0.25) is 0 Å². The topological polar surface area (TPSA) is 73.9 Å². The molecule has 0 bridgehead atoms. The lowest BCUT2D eigenvalue weighted by molar-refractivity contribution is -0.0384. The standard InChI is InChI=1S/C18H19NO5S/c1-18(2)9-12-13(10-23-18)25-15(14(12)16(20)22-3)19-17(21)24-11-7-5-4-6-8-11/h4-8H,9-10H2,1-3H3,(H,19,21). The fourth-order valence-corrected chi connectivity index (χ4v) is 3.78. The van der Waals surface area contributed by atoms with Gasteiger partial charge in [-0.05, 0) is 31.5 Å². The number of benzene rings is 1. The van der Waals surface area contributed by atoms with Crippen LogP contribution in [0, 0.1) is 0 Å². The van der Waals surface area contributed by atoms with Crippen molar-refractivity contribution in [3.05, 3.63) is 46.3 Å². The van der Waals surface area contributed by atoms with Gasteiger partial charge >= 0.3 is 12.1 Å². The van der Waals surface area contributed by atoms with Gasteiger partial charge in [-0.15, -0.1) is 11.3 Å². The quantitative estimate of drug-likeness (QED) is 0.837. The van der Waals surface area contributed by atoms with Crippen LogP contribution in [0.25, 0.3) is 0 Å². The van der Waals surface area contributed by atoms with Gasteiger partial charge in [0.1, 0.15) is 10.8 Å². The van der Waals surface area contributed by atoms with Gasteiger partial charge in [0.15, 0.2) is 0 Å². The third kappa shape index (κ3) is 3.83. The third-order valence-electron chi connectivity index (χ3n) is 3.85. The average molecular weight is 361 g/mol. The smallest absolute Gasteiger partial charge is 0.417 e. The van der Waals surface area contributed by atoms with Crippen molar-refractivity contribution in [2.75, 3.05) is 12.4 Å². The van der Waals surface area contributed by atoms with Gasteiger partial charge in [0.2, 0.25) is 0 Å². The van der Waals surface area contributed by atoms with E-state index in [2.05, 4.69) is 5.32 Å². The maximum absolute atomic E-state index is 12.3. The molecule has 0 unspecified atom stereocenters. The van der Waals surface area contributed by atoms with Gasteiger partial charge in [0.25, 0.3) is 0 Å². The van der Waals surface area contributed by atoms with Gasteiger partial charge in [-0.2, -0.15) is 0 Å². The Hall–Kier alpha value is -2.38. The molecule has 0 spiro atoms. The van der Waals surface area contributed by atoms with E-state index in [-0.39, 0.29) is 5.60 Å². The van der Waals surface area contributed by atoms with Crippen LogP contribution in [0.3, 0.4) is 0 Å². The number of methoxy groups -OCH3 is 1. The van der Waals surface area contributed by atoms with Gasteiger partial charge in [-0.3, -0.25) is 5.32 Å². The Bertz CT molecular complexity index is 797. The van der Waals surface area contributed by atoms with E-state index in [0.29, 0.717) is 29.3 Å². The molecule has 132 valence electrons. The monoisotopic (exact) mass is 361 g/mol. The maximum atomic E-state index is 12.3. The molecule has 1 aromatic heterocycles. The lowest BCUT2D eigenvalue weighted by Gasteiger charge is -2.30. The predicted octanol–water partition coefficient (Wildman–Crippen LogP) is 4.00. The number of fused-ring (bicyclic) bond motifs is 1. The first kappa shape index (κ1) is 17.4. The molecule has 0 aliphatic carbocycles. The Morgan fingerprint density at radius 1 is 1.24 bits per heavy atom. The van der Waals surface area contributed by atoms with Crippen molar-refractivity contribution >= 4 is 28.4 Å². The minimum absolute atomic E-state index is 0.376. The van der Waals surface area contributed by atoms with Crippen LogP contribution >= 0.6 is 11.3 Å². The van der Waals surface area contributed by atoms with Crippen molar-refractivity contribution in [1.82, 2.24) is 0 Å².